The Morgan fingerprint density at radius 3 is 2.71 bits per heavy atom. The van der Waals surface area contributed by atoms with Gasteiger partial charge in [-0.05, 0) is 36.2 Å². The number of aromatic nitrogens is 4. The Morgan fingerprint density at radius 2 is 1.96 bits per heavy atom. The fraction of sp³-hybridized carbons (Fsp3) is 0.105. The molecule has 0 atom stereocenters. The molecule has 4 aromatic rings. The van der Waals surface area contributed by atoms with E-state index >= 15 is 0 Å². The number of Topliss-reactive ketones (excluding diaryl/α,β-unsaturated/α-hetero) is 1. The number of nitrogens with zero attached hydrogens (tertiary/aromatic N) is 2. The second kappa shape index (κ2) is 5.77. The summed E-state index contributed by atoms with van der Waals surface area (Å²) in [6.45, 7) is 2.07. The van der Waals surface area contributed by atoms with Crippen molar-refractivity contribution >= 4 is 16.8 Å². The minimum atomic E-state index is 0.00273. The second-order valence-corrected chi connectivity index (χ2v) is 5.90. The molecule has 0 unspecified atom stereocenters. The second-order valence-electron chi connectivity index (χ2n) is 5.90. The van der Waals surface area contributed by atoms with Crippen LogP contribution in [0.1, 0.15) is 21.6 Å². The van der Waals surface area contributed by atoms with Crippen molar-refractivity contribution in [1.82, 2.24) is 20.2 Å². The minimum Gasteiger partial charge on any atom is -0.339 e. The maximum atomic E-state index is 12.2. The molecule has 2 N–H and O–H groups in total. The molecule has 0 saturated carbocycles. The van der Waals surface area contributed by atoms with Crippen LogP contribution in [0.2, 0.25) is 0 Å². The van der Waals surface area contributed by atoms with Gasteiger partial charge in [0.25, 0.3) is 0 Å². The van der Waals surface area contributed by atoms with Crippen molar-refractivity contribution in [3.63, 3.8) is 0 Å². The van der Waals surface area contributed by atoms with Crippen molar-refractivity contribution in [2.24, 2.45) is 0 Å². The quantitative estimate of drug-likeness (QED) is 0.564. The topological polar surface area (TPSA) is 74.4 Å². The smallest absolute Gasteiger partial charge is 0.185 e. The lowest BCUT2D eigenvalue weighted by Crippen LogP contribution is -2.04. The molecular weight excluding hydrogens is 300 g/mol. The number of aromatic amines is 2. The molecule has 0 aliphatic carbocycles. The normalized spacial score (nSPS) is 11.0. The summed E-state index contributed by atoms with van der Waals surface area (Å²) in [7, 11) is 0. The zero-order valence-corrected chi connectivity index (χ0v) is 13.2. The summed E-state index contributed by atoms with van der Waals surface area (Å²) in [5, 5.41) is 7.51. The van der Waals surface area contributed by atoms with E-state index in [1.165, 1.54) is 5.56 Å². The average Bonchev–Trinajstić information content (AvgIpc) is 3.24. The highest BCUT2D eigenvalue weighted by Gasteiger charge is 2.10. The van der Waals surface area contributed by atoms with Crippen LogP contribution in [0, 0.1) is 6.92 Å². The van der Waals surface area contributed by atoms with E-state index in [-0.39, 0.29) is 5.78 Å². The Labute approximate surface area is 138 Å². The van der Waals surface area contributed by atoms with E-state index in [0.717, 1.165) is 27.9 Å². The molecule has 3 heterocycles. The minimum absolute atomic E-state index is 0.00273. The van der Waals surface area contributed by atoms with Gasteiger partial charge in [-0.3, -0.25) is 9.89 Å². The molecule has 0 amide bonds. The first-order valence-corrected chi connectivity index (χ1v) is 7.76. The molecule has 0 saturated heterocycles. The third-order valence-corrected chi connectivity index (χ3v) is 4.06. The van der Waals surface area contributed by atoms with E-state index in [2.05, 4.69) is 57.4 Å². The number of hydrogen-bond acceptors (Lipinski definition) is 3. The Morgan fingerprint density at radius 1 is 1.12 bits per heavy atom. The molecule has 1 aromatic carbocycles. The van der Waals surface area contributed by atoms with Crippen LogP contribution < -0.4 is 0 Å². The van der Waals surface area contributed by atoms with Crippen molar-refractivity contribution in [3.8, 4) is 11.3 Å². The van der Waals surface area contributed by atoms with Gasteiger partial charge in [-0.15, -0.1) is 0 Å². The Hall–Kier alpha value is -3.21. The molecule has 0 bridgehead atoms. The van der Waals surface area contributed by atoms with E-state index in [1.807, 2.05) is 6.07 Å². The summed E-state index contributed by atoms with van der Waals surface area (Å²) in [5.74, 6) is 0.00273. The molecule has 3 aromatic heterocycles. The molecule has 24 heavy (non-hydrogen) atoms. The van der Waals surface area contributed by atoms with Gasteiger partial charge in [0.15, 0.2) is 5.78 Å². The van der Waals surface area contributed by atoms with Gasteiger partial charge in [0.2, 0.25) is 0 Å². The van der Waals surface area contributed by atoms with Crippen LogP contribution in [-0.2, 0) is 6.42 Å². The monoisotopic (exact) mass is 316 g/mol. The molecule has 0 fully saturated rings. The third-order valence-electron chi connectivity index (χ3n) is 4.06. The van der Waals surface area contributed by atoms with Crippen molar-refractivity contribution in [1.29, 1.82) is 0 Å². The molecule has 0 aliphatic rings. The predicted octanol–water partition coefficient (Wildman–Crippen LogP) is 3.69. The molecule has 5 heteroatoms. The zero-order valence-electron chi connectivity index (χ0n) is 13.2. The average molecular weight is 316 g/mol. The Bertz CT molecular complexity index is 998. The number of pyridine rings is 1. The van der Waals surface area contributed by atoms with E-state index in [4.69, 9.17) is 0 Å². The number of rotatable bonds is 4. The molecule has 118 valence electrons. The first kappa shape index (κ1) is 14.4. The van der Waals surface area contributed by atoms with Crippen LogP contribution in [0.3, 0.4) is 0 Å². The van der Waals surface area contributed by atoms with Gasteiger partial charge in [0.05, 0.1) is 0 Å². The highest BCUT2D eigenvalue weighted by Crippen LogP contribution is 2.24. The highest BCUT2D eigenvalue weighted by molar-refractivity contribution is 5.96. The van der Waals surface area contributed by atoms with Gasteiger partial charge in [-0.1, -0.05) is 29.8 Å². The standard InChI is InChI=1S/C19H16N4O/c1-12-2-4-14(5-3-12)17-10-15-8-13(11-20-19(15)22-17)9-18(24)16-6-7-21-23-16/h2-8,10-11H,9H2,1H3,(H,20,22)(H,21,23). The number of fused-ring (bicyclic) bond motifs is 1. The molecule has 0 aliphatic heterocycles. The van der Waals surface area contributed by atoms with Crippen LogP contribution in [0.15, 0.2) is 54.9 Å². The van der Waals surface area contributed by atoms with Crippen molar-refractivity contribution < 1.29 is 4.79 Å². The molecule has 0 radical (unpaired) electrons. The summed E-state index contributed by atoms with van der Waals surface area (Å²) in [5.41, 5.74) is 5.60. The van der Waals surface area contributed by atoms with Crippen LogP contribution in [0.5, 0.6) is 0 Å². The zero-order chi connectivity index (χ0) is 16.5. The number of aryl methyl sites for hydroxylation is 1. The van der Waals surface area contributed by atoms with Crippen LogP contribution >= 0.6 is 0 Å². The van der Waals surface area contributed by atoms with Gasteiger partial charge in [-0.2, -0.15) is 5.10 Å². The number of H-pyrrole nitrogens is 2. The Balaban J connectivity index is 1.63. The number of carbonyl (C=O) groups excluding carboxylic acids is 1. The van der Waals surface area contributed by atoms with Crippen LogP contribution in [0.4, 0.5) is 0 Å². The van der Waals surface area contributed by atoms with Crippen LogP contribution in [0.25, 0.3) is 22.3 Å². The van der Waals surface area contributed by atoms with Crippen molar-refractivity contribution in [2.45, 2.75) is 13.3 Å². The summed E-state index contributed by atoms with van der Waals surface area (Å²) in [4.78, 5) is 19.9. The third kappa shape index (κ3) is 2.72. The van der Waals surface area contributed by atoms with Gasteiger partial charge in [0, 0.05) is 29.9 Å². The highest BCUT2D eigenvalue weighted by atomic mass is 16.1. The number of ketones is 1. The molecule has 0 spiro atoms. The fourth-order valence-electron chi connectivity index (χ4n) is 2.74. The van der Waals surface area contributed by atoms with Crippen molar-refractivity contribution in [3.05, 3.63) is 71.7 Å². The van der Waals surface area contributed by atoms with Crippen LogP contribution in [-0.4, -0.2) is 25.9 Å². The number of hydrogen-bond donors (Lipinski definition) is 2. The van der Waals surface area contributed by atoms with Gasteiger partial charge in [0.1, 0.15) is 11.3 Å². The summed E-state index contributed by atoms with van der Waals surface area (Å²) < 4.78 is 0. The van der Waals surface area contributed by atoms with E-state index in [1.54, 1.807) is 18.5 Å². The van der Waals surface area contributed by atoms with Gasteiger partial charge in [-0.25, -0.2) is 4.98 Å². The lowest BCUT2D eigenvalue weighted by Gasteiger charge is -1.99. The van der Waals surface area contributed by atoms with Crippen molar-refractivity contribution in [2.75, 3.05) is 0 Å². The van der Waals surface area contributed by atoms with E-state index in [0.29, 0.717) is 12.1 Å². The lowest BCUT2D eigenvalue weighted by atomic mass is 10.1. The summed E-state index contributed by atoms with van der Waals surface area (Å²) >= 11 is 0. The number of carbonyl (C=O) groups is 1. The lowest BCUT2D eigenvalue weighted by molar-refractivity contribution is 0.0988. The molecular formula is C19H16N4O. The SMILES string of the molecule is Cc1ccc(-c2cc3cc(CC(=O)c4ccn[nH]4)cnc3[nH]2)cc1. The largest absolute Gasteiger partial charge is 0.339 e. The number of nitrogens with one attached hydrogen (secondary N) is 2. The Kier molecular flexibility index (Phi) is 3.46. The number of benzene rings is 1. The maximum Gasteiger partial charge on any atom is 0.185 e. The first-order valence-electron chi connectivity index (χ1n) is 7.76. The fourth-order valence-corrected chi connectivity index (χ4v) is 2.74. The van der Waals surface area contributed by atoms with E-state index in [9.17, 15) is 4.79 Å². The van der Waals surface area contributed by atoms with Gasteiger partial charge < -0.3 is 4.98 Å². The molecule has 5 nitrogen and oxygen atoms in total. The molecule has 4 rings (SSSR count). The summed E-state index contributed by atoms with van der Waals surface area (Å²) in [6.07, 6.45) is 3.62. The first-order chi connectivity index (χ1) is 11.7. The predicted molar refractivity (Wildman–Crippen MR) is 92.9 cm³/mol. The van der Waals surface area contributed by atoms with Gasteiger partial charge >= 0.3 is 0 Å². The van der Waals surface area contributed by atoms with E-state index < -0.39 is 0 Å². The summed E-state index contributed by atoms with van der Waals surface area (Å²) in [6, 6.07) is 14.1. The maximum absolute atomic E-state index is 12.2.